The smallest absolute Gasteiger partial charge is 0.292 e. The van der Waals surface area contributed by atoms with Crippen molar-refractivity contribution in [1.29, 1.82) is 0 Å². The molecule has 1 unspecified atom stereocenters. The van der Waals surface area contributed by atoms with Gasteiger partial charge in [-0.15, -0.1) is 11.3 Å². The van der Waals surface area contributed by atoms with Crippen molar-refractivity contribution in [3.05, 3.63) is 63.7 Å². The second kappa shape index (κ2) is 9.60. The third-order valence-electron chi connectivity index (χ3n) is 6.29. The molecular formula is C25H26N2O6S2. The van der Waals surface area contributed by atoms with E-state index in [0.29, 0.717) is 23.7 Å². The predicted molar refractivity (Wildman–Crippen MR) is 131 cm³/mol. The van der Waals surface area contributed by atoms with Crippen LogP contribution in [0.2, 0.25) is 0 Å². The minimum atomic E-state index is -3.90. The number of aryl methyl sites for hydroxylation is 2. The summed E-state index contributed by atoms with van der Waals surface area (Å²) < 4.78 is 36.8. The summed E-state index contributed by atoms with van der Waals surface area (Å²) in [7, 11) is -3.90. The number of rotatable bonds is 7. The normalized spacial score (nSPS) is 17.3. The van der Waals surface area contributed by atoms with Crippen molar-refractivity contribution in [1.82, 2.24) is 5.32 Å². The van der Waals surface area contributed by atoms with E-state index in [1.165, 1.54) is 35.6 Å². The van der Waals surface area contributed by atoms with E-state index in [1.54, 1.807) is 12.1 Å². The van der Waals surface area contributed by atoms with E-state index >= 15 is 0 Å². The van der Waals surface area contributed by atoms with Crippen LogP contribution in [-0.4, -0.2) is 39.5 Å². The first kappa shape index (κ1) is 23.8. The largest absolute Gasteiger partial charge is 0.439 e. The van der Waals surface area contributed by atoms with Crippen LogP contribution >= 0.6 is 11.3 Å². The van der Waals surface area contributed by atoms with Crippen molar-refractivity contribution in [2.45, 2.75) is 55.1 Å². The number of benzene rings is 1. The van der Waals surface area contributed by atoms with Gasteiger partial charge in [0.05, 0.1) is 16.6 Å². The van der Waals surface area contributed by atoms with Crippen LogP contribution in [0.15, 0.2) is 50.8 Å². The molecule has 0 radical (unpaired) electrons. The number of fused-ring (bicyclic) bond motifs is 1. The molecule has 2 amide bonds. The van der Waals surface area contributed by atoms with Gasteiger partial charge in [-0.1, -0.05) is 17.7 Å². The van der Waals surface area contributed by atoms with Gasteiger partial charge < -0.3 is 19.8 Å². The average Bonchev–Trinajstić information content (AvgIpc) is 3.62. The van der Waals surface area contributed by atoms with Gasteiger partial charge in [0.1, 0.15) is 5.00 Å². The molecule has 1 atom stereocenters. The zero-order valence-corrected chi connectivity index (χ0v) is 20.9. The van der Waals surface area contributed by atoms with E-state index in [2.05, 4.69) is 10.6 Å². The Morgan fingerprint density at radius 3 is 2.60 bits per heavy atom. The number of thiophene rings is 1. The number of anilines is 1. The summed E-state index contributed by atoms with van der Waals surface area (Å²) >= 11 is 1.38. The molecule has 2 aromatic heterocycles. The number of carbonyl (C=O) groups is 2. The van der Waals surface area contributed by atoms with Crippen molar-refractivity contribution in [3.63, 3.8) is 0 Å². The zero-order chi connectivity index (χ0) is 24.6. The first-order valence-electron chi connectivity index (χ1n) is 11.6. The third-order valence-corrected chi connectivity index (χ3v) is 9.14. The Bertz CT molecular complexity index is 1370. The van der Waals surface area contributed by atoms with Crippen molar-refractivity contribution < 1.29 is 27.2 Å². The number of hydrogen-bond donors (Lipinski definition) is 2. The van der Waals surface area contributed by atoms with E-state index in [-0.39, 0.29) is 27.8 Å². The number of amides is 2. The molecule has 1 saturated heterocycles. The summed E-state index contributed by atoms with van der Waals surface area (Å²) in [6.07, 6.45) is 4.53. The second-order valence-electron chi connectivity index (χ2n) is 8.80. The van der Waals surface area contributed by atoms with Crippen molar-refractivity contribution >= 4 is 38.0 Å². The van der Waals surface area contributed by atoms with Gasteiger partial charge >= 0.3 is 0 Å². The summed E-state index contributed by atoms with van der Waals surface area (Å²) in [6, 6.07) is 9.00. The van der Waals surface area contributed by atoms with E-state index in [9.17, 15) is 18.0 Å². The number of furan rings is 1. The van der Waals surface area contributed by atoms with Crippen LogP contribution in [0, 0.1) is 6.92 Å². The Hall–Kier alpha value is -2.95. The number of carbonyl (C=O) groups excluding carboxylic acids is 2. The highest BCUT2D eigenvalue weighted by molar-refractivity contribution is 7.91. The lowest BCUT2D eigenvalue weighted by molar-refractivity contribution is 0.0858. The molecule has 1 aromatic carbocycles. The quantitative estimate of drug-likeness (QED) is 0.490. The Morgan fingerprint density at radius 1 is 1.06 bits per heavy atom. The standard InChI is InChI=1S/C25H26N2O6S2/c1-15-7-9-17(10-8-15)35(30,31)21-12-11-19(33-21)23(28)27-25-22(18-5-2-6-20(18)34-25)24(29)26-14-16-4-3-13-32-16/h7-12,16H,2-6,13-14H2,1H3,(H,26,29)(H,27,28). The number of nitrogens with one attached hydrogen (secondary N) is 2. The average molecular weight is 515 g/mol. The van der Waals surface area contributed by atoms with E-state index in [4.69, 9.17) is 9.15 Å². The molecule has 8 nitrogen and oxygen atoms in total. The van der Waals surface area contributed by atoms with Gasteiger partial charge in [-0.25, -0.2) is 8.42 Å². The van der Waals surface area contributed by atoms with Crippen LogP contribution in [-0.2, 0) is 27.4 Å². The Labute approximate surface area is 207 Å². The lowest BCUT2D eigenvalue weighted by Gasteiger charge is -2.12. The highest BCUT2D eigenvalue weighted by Gasteiger charge is 2.29. The minimum Gasteiger partial charge on any atom is -0.439 e. The molecule has 184 valence electrons. The monoisotopic (exact) mass is 514 g/mol. The van der Waals surface area contributed by atoms with Gasteiger partial charge in [0.25, 0.3) is 11.8 Å². The van der Waals surface area contributed by atoms with E-state index in [1.807, 2.05) is 6.92 Å². The molecule has 0 bridgehead atoms. The molecule has 3 aromatic rings. The summed E-state index contributed by atoms with van der Waals surface area (Å²) in [5.74, 6) is -0.990. The second-order valence-corrected chi connectivity index (χ2v) is 11.8. The molecule has 2 N–H and O–H groups in total. The van der Waals surface area contributed by atoms with Crippen LogP contribution < -0.4 is 10.6 Å². The fraction of sp³-hybridized carbons (Fsp3) is 0.360. The molecule has 5 rings (SSSR count). The number of ether oxygens (including phenoxy) is 1. The topological polar surface area (TPSA) is 115 Å². The third kappa shape index (κ3) is 4.78. The van der Waals surface area contributed by atoms with Crippen LogP contribution in [0.4, 0.5) is 5.00 Å². The molecule has 1 fully saturated rings. The Kier molecular flexibility index (Phi) is 6.52. The van der Waals surface area contributed by atoms with Crippen LogP contribution in [0.1, 0.15) is 56.2 Å². The molecule has 0 saturated carbocycles. The van der Waals surface area contributed by atoms with Gasteiger partial charge in [-0.2, -0.15) is 0 Å². The lowest BCUT2D eigenvalue weighted by Crippen LogP contribution is -2.32. The summed E-state index contributed by atoms with van der Waals surface area (Å²) in [4.78, 5) is 27.2. The summed E-state index contributed by atoms with van der Waals surface area (Å²) in [5.41, 5.74) is 2.38. The molecule has 35 heavy (non-hydrogen) atoms. The van der Waals surface area contributed by atoms with Crippen LogP contribution in [0.3, 0.4) is 0 Å². The summed E-state index contributed by atoms with van der Waals surface area (Å²) in [6.45, 7) is 3.00. The maximum Gasteiger partial charge on any atom is 0.292 e. The number of sulfone groups is 1. The van der Waals surface area contributed by atoms with E-state index < -0.39 is 15.7 Å². The Balaban J connectivity index is 1.34. The van der Waals surface area contributed by atoms with Crippen molar-refractivity contribution in [2.24, 2.45) is 0 Å². The molecule has 0 spiro atoms. The molecular weight excluding hydrogens is 488 g/mol. The summed E-state index contributed by atoms with van der Waals surface area (Å²) in [5, 5.41) is 5.86. The zero-order valence-electron chi connectivity index (χ0n) is 19.3. The van der Waals surface area contributed by atoms with Gasteiger partial charge in [0.2, 0.25) is 14.9 Å². The van der Waals surface area contributed by atoms with Gasteiger partial charge in [-0.05, 0) is 68.9 Å². The van der Waals surface area contributed by atoms with Gasteiger partial charge in [0, 0.05) is 18.0 Å². The minimum absolute atomic E-state index is 0.0145. The fourth-order valence-corrected chi connectivity index (χ4v) is 6.87. The molecule has 3 heterocycles. The molecule has 1 aliphatic carbocycles. The first-order chi connectivity index (χ1) is 16.8. The Morgan fingerprint density at radius 2 is 1.86 bits per heavy atom. The fourth-order valence-electron chi connectivity index (χ4n) is 4.42. The van der Waals surface area contributed by atoms with Crippen LogP contribution in [0.5, 0.6) is 0 Å². The van der Waals surface area contributed by atoms with Crippen molar-refractivity contribution in [2.75, 3.05) is 18.5 Å². The molecule has 2 aliphatic rings. The van der Waals surface area contributed by atoms with Gasteiger partial charge in [-0.3, -0.25) is 9.59 Å². The highest BCUT2D eigenvalue weighted by Crippen LogP contribution is 2.39. The SMILES string of the molecule is Cc1ccc(S(=O)(=O)c2ccc(C(=O)Nc3sc4c(c3C(=O)NCC3CCCO3)CCC4)o2)cc1. The maximum absolute atomic E-state index is 13.1. The van der Waals surface area contributed by atoms with Crippen LogP contribution in [0.25, 0.3) is 0 Å². The molecule has 1 aliphatic heterocycles. The lowest BCUT2D eigenvalue weighted by atomic mass is 10.1. The van der Waals surface area contributed by atoms with E-state index in [0.717, 1.165) is 48.1 Å². The predicted octanol–water partition coefficient (Wildman–Crippen LogP) is 4.13. The van der Waals surface area contributed by atoms with Gasteiger partial charge in [0.15, 0.2) is 5.76 Å². The first-order valence-corrected chi connectivity index (χ1v) is 13.9. The maximum atomic E-state index is 13.1. The highest BCUT2D eigenvalue weighted by atomic mass is 32.2. The number of hydrogen-bond acceptors (Lipinski definition) is 7. The van der Waals surface area contributed by atoms with Crippen molar-refractivity contribution in [3.8, 4) is 0 Å². The molecule has 10 heteroatoms.